The van der Waals surface area contributed by atoms with Crippen LogP contribution in [0.1, 0.15) is 33.3 Å². The van der Waals surface area contributed by atoms with Gasteiger partial charge in [0, 0.05) is 26.2 Å². The summed E-state index contributed by atoms with van der Waals surface area (Å²) in [6, 6.07) is 6.28. The summed E-state index contributed by atoms with van der Waals surface area (Å²) in [5, 5.41) is 0. The highest BCUT2D eigenvalue weighted by Crippen LogP contribution is 2.28. The fraction of sp³-hybridized carbons (Fsp3) is 0.529. The Morgan fingerprint density at radius 1 is 0.762 bits per heavy atom. The van der Waals surface area contributed by atoms with Gasteiger partial charge >= 0.3 is 0 Å². The van der Waals surface area contributed by atoms with Gasteiger partial charge in [0.25, 0.3) is 0 Å². The van der Waals surface area contributed by atoms with Gasteiger partial charge in [0.1, 0.15) is 0 Å². The number of hydrogen-bond acceptors (Lipinski definition) is 4. The Morgan fingerprint density at radius 2 is 1.24 bits per heavy atom. The van der Waals surface area contributed by atoms with Gasteiger partial charge in [0.15, 0.2) is 11.6 Å². The first kappa shape index (κ1) is 15.5. The second-order valence-corrected chi connectivity index (χ2v) is 5.21. The van der Waals surface area contributed by atoms with Crippen molar-refractivity contribution in [2.24, 2.45) is 0 Å². The first-order valence-electron chi connectivity index (χ1n) is 7.92. The van der Waals surface area contributed by atoms with E-state index in [0.717, 1.165) is 48.8 Å². The van der Waals surface area contributed by atoms with Crippen LogP contribution in [0.25, 0.3) is 11.0 Å². The molecule has 0 saturated heterocycles. The lowest BCUT2D eigenvalue weighted by Crippen LogP contribution is -2.30. The Balaban J connectivity index is 2.67. The van der Waals surface area contributed by atoms with Crippen LogP contribution in [-0.4, -0.2) is 36.1 Å². The fourth-order valence-electron chi connectivity index (χ4n) is 2.62. The van der Waals surface area contributed by atoms with Crippen molar-refractivity contribution in [1.29, 1.82) is 0 Å². The normalized spacial score (nSPS) is 10.9. The van der Waals surface area contributed by atoms with E-state index in [-0.39, 0.29) is 0 Å². The molecule has 114 valence electrons. The van der Waals surface area contributed by atoms with Crippen LogP contribution in [0.3, 0.4) is 0 Å². The van der Waals surface area contributed by atoms with E-state index in [2.05, 4.69) is 62.6 Å². The molecule has 1 heterocycles. The molecular formula is C17H26N4. The summed E-state index contributed by atoms with van der Waals surface area (Å²) in [5.74, 6) is 2.00. The third-order valence-electron chi connectivity index (χ3n) is 3.91. The molecule has 21 heavy (non-hydrogen) atoms. The highest BCUT2D eigenvalue weighted by Gasteiger charge is 2.17. The third-order valence-corrected chi connectivity index (χ3v) is 3.91. The van der Waals surface area contributed by atoms with Crippen LogP contribution in [0.4, 0.5) is 11.6 Å². The van der Waals surface area contributed by atoms with Crippen molar-refractivity contribution in [1.82, 2.24) is 9.97 Å². The summed E-state index contributed by atoms with van der Waals surface area (Å²) in [4.78, 5) is 14.4. The Kier molecular flexibility index (Phi) is 4.99. The van der Waals surface area contributed by atoms with Crippen molar-refractivity contribution in [2.45, 2.75) is 34.6 Å². The molecule has 0 bridgehead atoms. The molecule has 0 aliphatic carbocycles. The number of nitrogens with zero attached hydrogens (tertiary/aromatic N) is 4. The molecule has 0 saturated carbocycles. The van der Waals surface area contributed by atoms with E-state index in [1.807, 2.05) is 0 Å². The molecule has 0 amide bonds. The molecule has 4 nitrogen and oxygen atoms in total. The Morgan fingerprint density at radius 3 is 1.71 bits per heavy atom. The number of hydrogen-bond donors (Lipinski definition) is 0. The molecule has 0 unspecified atom stereocenters. The largest absolute Gasteiger partial charge is 0.354 e. The van der Waals surface area contributed by atoms with Gasteiger partial charge in [-0.25, -0.2) is 9.97 Å². The van der Waals surface area contributed by atoms with E-state index in [0.29, 0.717) is 0 Å². The average molecular weight is 286 g/mol. The minimum Gasteiger partial charge on any atom is -0.354 e. The quantitative estimate of drug-likeness (QED) is 0.811. The lowest BCUT2D eigenvalue weighted by molar-refractivity contribution is 0.807. The topological polar surface area (TPSA) is 32.3 Å². The van der Waals surface area contributed by atoms with E-state index in [4.69, 9.17) is 9.97 Å². The minimum absolute atomic E-state index is 0.941. The molecule has 4 heteroatoms. The van der Waals surface area contributed by atoms with E-state index in [9.17, 15) is 0 Å². The van der Waals surface area contributed by atoms with Crippen molar-refractivity contribution in [3.05, 3.63) is 23.8 Å². The number of aryl methyl sites for hydroxylation is 1. The predicted molar refractivity (Wildman–Crippen MR) is 91.4 cm³/mol. The van der Waals surface area contributed by atoms with E-state index >= 15 is 0 Å². The zero-order valence-electron chi connectivity index (χ0n) is 13.8. The molecule has 2 rings (SSSR count). The van der Waals surface area contributed by atoms with Crippen LogP contribution in [0.2, 0.25) is 0 Å². The van der Waals surface area contributed by atoms with Gasteiger partial charge in [-0.1, -0.05) is 6.07 Å². The molecule has 0 aliphatic heterocycles. The van der Waals surface area contributed by atoms with Gasteiger partial charge < -0.3 is 9.80 Å². The number of aromatic nitrogens is 2. The monoisotopic (exact) mass is 286 g/mol. The smallest absolute Gasteiger partial charge is 0.172 e. The SMILES string of the molecule is CCN(CC)c1nc2ccc(C)cc2nc1N(CC)CC. The zero-order valence-corrected chi connectivity index (χ0v) is 13.8. The number of benzene rings is 1. The number of anilines is 2. The van der Waals surface area contributed by atoms with Crippen molar-refractivity contribution in [2.75, 3.05) is 36.0 Å². The van der Waals surface area contributed by atoms with Gasteiger partial charge in [-0.05, 0) is 52.3 Å². The highest BCUT2D eigenvalue weighted by molar-refractivity contribution is 5.81. The molecular weight excluding hydrogens is 260 g/mol. The van der Waals surface area contributed by atoms with Gasteiger partial charge in [-0.2, -0.15) is 0 Å². The van der Waals surface area contributed by atoms with E-state index in [1.165, 1.54) is 5.56 Å². The molecule has 0 N–H and O–H groups in total. The van der Waals surface area contributed by atoms with Crippen molar-refractivity contribution < 1.29 is 0 Å². The Hall–Kier alpha value is -1.84. The average Bonchev–Trinajstić information content (AvgIpc) is 2.50. The van der Waals surface area contributed by atoms with Crippen LogP contribution >= 0.6 is 0 Å². The second-order valence-electron chi connectivity index (χ2n) is 5.21. The molecule has 1 aromatic carbocycles. The number of rotatable bonds is 6. The standard InChI is InChI=1S/C17H26N4/c1-6-20(7-2)16-17(21(8-3)9-4)19-15-12-13(5)10-11-14(15)18-16/h10-12H,6-9H2,1-5H3. The Labute approximate surface area is 127 Å². The predicted octanol–water partition coefficient (Wildman–Crippen LogP) is 3.63. The van der Waals surface area contributed by atoms with Crippen molar-refractivity contribution in [3.8, 4) is 0 Å². The Bertz CT molecular complexity index is 601. The lowest BCUT2D eigenvalue weighted by Gasteiger charge is -2.28. The summed E-state index contributed by atoms with van der Waals surface area (Å²) in [6.07, 6.45) is 0. The summed E-state index contributed by atoms with van der Waals surface area (Å²) in [5.41, 5.74) is 3.17. The van der Waals surface area contributed by atoms with Crippen LogP contribution in [-0.2, 0) is 0 Å². The van der Waals surface area contributed by atoms with Gasteiger partial charge in [-0.3, -0.25) is 0 Å². The first-order valence-corrected chi connectivity index (χ1v) is 7.92. The second kappa shape index (κ2) is 6.74. The fourth-order valence-corrected chi connectivity index (χ4v) is 2.62. The van der Waals surface area contributed by atoms with Gasteiger partial charge in [0.05, 0.1) is 11.0 Å². The van der Waals surface area contributed by atoms with Gasteiger partial charge in [-0.15, -0.1) is 0 Å². The summed E-state index contributed by atoms with van der Waals surface area (Å²) >= 11 is 0. The molecule has 0 atom stereocenters. The van der Waals surface area contributed by atoms with Crippen LogP contribution in [0.5, 0.6) is 0 Å². The van der Waals surface area contributed by atoms with Crippen LogP contribution in [0.15, 0.2) is 18.2 Å². The maximum Gasteiger partial charge on any atom is 0.172 e. The molecule has 0 radical (unpaired) electrons. The summed E-state index contributed by atoms with van der Waals surface area (Å²) in [7, 11) is 0. The molecule has 1 aromatic heterocycles. The maximum atomic E-state index is 4.92. The van der Waals surface area contributed by atoms with Gasteiger partial charge in [0.2, 0.25) is 0 Å². The molecule has 0 spiro atoms. The molecule has 0 fully saturated rings. The van der Waals surface area contributed by atoms with E-state index < -0.39 is 0 Å². The number of fused-ring (bicyclic) bond motifs is 1. The molecule has 2 aromatic rings. The highest BCUT2D eigenvalue weighted by atomic mass is 15.3. The molecule has 0 aliphatic rings. The summed E-state index contributed by atoms with van der Waals surface area (Å²) in [6.45, 7) is 14.5. The van der Waals surface area contributed by atoms with Crippen molar-refractivity contribution in [3.63, 3.8) is 0 Å². The third kappa shape index (κ3) is 3.09. The van der Waals surface area contributed by atoms with E-state index in [1.54, 1.807) is 0 Å². The van der Waals surface area contributed by atoms with Crippen molar-refractivity contribution >= 4 is 22.7 Å². The maximum absolute atomic E-state index is 4.92. The van der Waals surface area contributed by atoms with Crippen LogP contribution in [0, 0.1) is 6.92 Å². The first-order chi connectivity index (χ1) is 10.1. The van der Waals surface area contributed by atoms with Crippen LogP contribution < -0.4 is 9.80 Å². The summed E-state index contributed by atoms with van der Waals surface area (Å²) < 4.78 is 0. The zero-order chi connectivity index (χ0) is 15.4. The lowest BCUT2D eigenvalue weighted by atomic mass is 10.2. The minimum atomic E-state index is 0.941.